The summed E-state index contributed by atoms with van der Waals surface area (Å²) < 4.78 is 47.2. The standard InChI is InChI=1S/C25H34F3N5O3/c1-23(2,3)36-22(35)30-24(4,5)21(34)29-18(13-11-16-9-7-6-8-10-16)20-32-31-19-14-12-17(15-33(19)20)25(26,27)28/h6-10,17-18H,11-15H2,1-5H3,(H,29,34)(H,30,35)/t17?,18-/m1/s1. The molecule has 0 radical (unpaired) electrons. The van der Waals surface area contributed by atoms with Crippen LogP contribution in [0.25, 0.3) is 0 Å². The first-order valence-electron chi connectivity index (χ1n) is 12.0. The van der Waals surface area contributed by atoms with E-state index in [1.807, 2.05) is 30.3 Å². The van der Waals surface area contributed by atoms with Gasteiger partial charge < -0.3 is 19.9 Å². The number of benzene rings is 1. The SMILES string of the molecule is CC(C)(C)OC(=O)NC(C)(C)C(=O)N[C@H](CCc1ccccc1)c1nnc2n1CC(C(F)(F)F)CC2. The minimum absolute atomic E-state index is 0.0461. The summed E-state index contributed by atoms with van der Waals surface area (Å²) in [7, 11) is 0. The fraction of sp³-hybridized carbons (Fsp3) is 0.600. The first-order valence-corrected chi connectivity index (χ1v) is 12.0. The summed E-state index contributed by atoms with van der Waals surface area (Å²) in [5.41, 5.74) is -1.09. The van der Waals surface area contributed by atoms with Crippen molar-refractivity contribution in [1.82, 2.24) is 25.4 Å². The van der Waals surface area contributed by atoms with Gasteiger partial charge in [-0.2, -0.15) is 13.2 Å². The van der Waals surface area contributed by atoms with Gasteiger partial charge in [0.15, 0.2) is 5.82 Å². The zero-order valence-electron chi connectivity index (χ0n) is 21.3. The third-order valence-corrected chi connectivity index (χ3v) is 6.00. The molecular formula is C25H34F3N5O3. The van der Waals surface area contributed by atoms with Gasteiger partial charge in [0.25, 0.3) is 0 Å². The summed E-state index contributed by atoms with van der Waals surface area (Å²) in [5, 5.41) is 13.8. The third-order valence-electron chi connectivity index (χ3n) is 6.00. The molecule has 1 aliphatic rings. The summed E-state index contributed by atoms with van der Waals surface area (Å²) in [6.07, 6.45) is -4.04. The molecule has 2 amide bonds. The van der Waals surface area contributed by atoms with Gasteiger partial charge in [-0.1, -0.05) is 30.3 Å². The molecule has 8 nitrogen and oxygen atoms in total. The van der Waals surface area contributed by atoms with E-state index in [0.29, 0.717) is 18.7 Å². The van der Waals surface area contributed by atoms with Crippen molar-refractivity contribution in [3.63, 3.8) is 0 Å². The van der Waals surface area contributed by atoms with Crippen molar-refractivity contribution in [1.29, 1.82) is 0 Å². The lowest BCUT2D eigenvalue weighted by Gasteiger charge is -2.31. The van der Waals surface area contributed by atoms with E-state index in [2.05, 4.69) is 20.8 Å². The summed E-state index contributed by atoms with van der Waals surface area (Å²) in [5.74, 6) is -1.28. The fourth-order valence-electron chi connectivity index (χ4n) is 4.05. The molecule has 11 heteroatoms. The van der Waals surface area contributed by atoms with Crippen LogP contribution in [-0.4, -0.2) is 44.1 Å². The number of ether oxygens (including phenoxy) is 1. The van der Waals surface area contributed by atoms with E-state index < -0.39 is 41.3 Å². The van der Waals surface area contributed by atoms with Gasteiger partial charge in [0, 0.05) is 13.0 Å². The Morgan fingerprint density at radius 3 is 2.39 bits per heavy atom. The molecule has 2 N–H and O–H groups in total. The number of halogens is 3. The van der Waals surface area contributed by atoms with Gasteiger partial charge in [-0.15, -0.1) is 10.2 Å². The Hall–Kier alpha value is -3.11. The number of nitrogens with zero attached hydrogens (tertiary/aromatic N) is 3. The molecule has 1 aromatic carbocycles. The Labute approximate surface area is 209 Å². The second kappa shape index (κ2) is 10.5. The minimum atomic E-state index is -4.33. The summed E-state index contributed by atoms with van der Waals surface area (Å²) in [6, 6.07) is 8.83. The number of alkyl halides is 3. The van der Waals surface area contributed by atoms with E-state index in [0.717, 1.165) is 5.56 Å². The van der Waals surface area contributed by atoms with Crippen LogP contribution in [0, 0.1) is 5.92 Å². The monoisotopic (exact) mass is 509 g/mol. The van der Waals surface area contributed by atoms with Crippen LogP contribution in [0.15, 0.2) is 30.3 Å². The van der Waals surface area contributed by atoms with Gasteiger partial charge in [-0.3, -0.25) is 4.79 Å². The molecular weight excluding hydrogens is 475 g/mol. The molecule has 0 aliphatic carbocycles. The van der Waals surface area contributed by atoms with Crippen LogP contribution in [0.1, 0.15) is 70.7 Å². The molecule has 2 heterocycles. The molecule has 198 valence electrons. The van der Waals surface area contributed by atoms with Gasteiger partial charge in [0.2, 0.25) is 5.91 Å². The number of amides is 2. The second-order valence-corrected chi connectivity index (χ2v) is 10.7. The highest BCUT2D eigenvalue weighted by atomic mass is 19.4. The number of hydrogen-bond acceptors (Lipinski definition) is 5. The number of alkyl carbamates (subject to hydrolysis) is 1. The van der Waals surface area contributed by atoms with Crippen LogP contribution in [0.5, 0.6) is 0 Å². The molecule has 0 saturated heterocycles. The number of fused-ring (bicyclic) bond motifs is 1. The molecule has 0 saturated carbocycles. The van der Waals surface area contributed by atoms with Crippen LogP contribution < -0.4 is 10.6 Å². The van der Waals surface area contributed by atoms with Crippen LogP contribution in [-0.2, 0) is 28.9 Å². The molecule has 1 aromatic heterocycles. The molecule has 2 aromatic rings. The lowest BCUT2D eigenvalue weighted by atomic mass is 9.97. The van der Waals surface area contributed by atoms with E-state index in [9.17, 15) is 22.8 Å². The van der Waals surface area contributed by atoms with Gasteiger partial charge in [-0.25, -0.2) is 4.79 Å². The van der Waals surface area contributed by atoms with Crippen LogP contribution in [0.2, 0.25) is 0 Å². The van der Waals surface area contributed by atoms with Crippen molar-refractivity contribution in [3.05, 3.63) is 47.5 Å². The van der Waals surface area contributed by atoms with Crippen LogP contribution in [0.4, 0.5) is 18.0 Å². The van der Waals surface area contributed by atoms with E-state index in [1.165, 1.54) is 18.4 Å². The average Bonchev–Trinajstić information content (AvgIpc) is 3.18. The second-order valence-electron chi connectivity index (χ2n) is 10.7. The molecule has 1 unspecified atom stereocenters. The molecule has 36 heavy (non-hydrogen) atoms. The summed E-state index contributed by atoms with van der Waals surface area (Å²) >= 11 is 0. The van der Waals surface area contributed by atoms with Gasteiger partial charge in [0.05, 0.1) is 12.0 Å². The van der Waals surface area contributed by atoms with E-state index in [4.69, 9.17) is 4.74 Å². The molecule has 1 aliphatic heterocycles. The number of carbonyl (C=O) groups is 2. The topological polar surface area (TPSA) is 98.1 Å². The maximum absolute atomic E-state index is 13.5. The minimum Gasteiger partial charge on any atom is -0.444 e. The maximum Gasteiger partial charge on any atom is 0.408 e. The Morgan fingerprint density at radius 1 is 1.11 bits per heavy atom. The van der Waals surface area contributed by atoms with Gasteiger partial charge in [-0.05, 0) is 59.4 Å². The van der Waals surface area contributed by atoms with Crippen molar-refractivity contribution >= 4 is 12.0 Å². The highest BCUT2D eigenvalue weighted by Gasteiger charge is 2.43. The fourth-order valence-corrected chi connectivity index (χ4v) is 4.05. The predicted octanol–water partition coefficient (Wildman–Crippen LogP) is 4.50. The maximum atomic E-state index is 13.5. The summed E-state index contributed by atoms with van der Waals surface area (Å²) in [4.78, 5) is 25.5. The van der Waals surface area contributed by atoms with Crippen LogP contribution in [0.3, 0.4) is 0 Å². The van der Waals surface area contributed by atoms with Crippen molar-refractivity contribution in [2.75, 3.05) is 0 Å². The van der Waals surface area contributed by atoms with E-state index in [-0.39, 0.29) is 25.2 Å². The average molecular weight is 510 g/mol. The first kappa shape index (κ1) is 27.5. The van der Waals surface area contributed by atoms with Crippen LogP contribution >= 0.6 is 0 Å². The highest BCUT2D eigenvalue weighted by molar-refractivity contribution is 5.89. The van der Waals surface area contributed by atoms with Crippen molar-refractivity contribution in [2.45, 2.75) is 90.2 Å². The Kier molecular flexibility index (Phi) is 8.00. The van der Waals surface area contributed by atoms with Crippen molar-refractivity contribution in [2.24, 2.45) is 5.92 Å². The van der Waals surface area contributed by atoms with Crippen molar-refractivity contribution in [3.8, 4) is 0 Å². The van der Waals surface area contributed by atoms with Gasteiger partial charge >= 0.3 is 12.3 Å². The predicted molar refractivity (Wildman–Crippen MR) is 127 cm³/mol. The number of carbonyl (C=O) groups excluding carboxylic acids is 2. The molecule has 2 atom stereocenters. The zero-order chi connectivity index (χ0) is 26.7. The smallest absolute Gasteiger partial charge is 0.408 e. The number of rotatable bonds is 7. The highest BCUT2D eigenvalue weighted by Crippen LogP contribution is 2.35. The summed E-state index contributed by atoms with van der Waals surface area (Å²) in [6.45, 7) is 7.89. The quantitative estimate of drug-likeness (QED) is 0.573. The molecule has 0 spiro atoms. The van der Waals surface area contributed by atoms with E-state index >= 15 is 0 Å². The lowest BCUT2D eigenvalue weighted by molar-refractivity contribution is -0.182. The first-order chi connectivity index (χ1) is 16.7. The Balaban J connectivity index is 1.83. The number of hydrogen-bond donors (Lipinski definition) is 2. The number of nitrogens with one attached hydrogen (secondary N) is 2. The largest absolute Gasteiger partial charge is 0.444 e. The van der Waals surface area contributed by atoms with E-state index in [1.54, 1.807) is 20.8 Å². The number of aryl methyl sites for hydroxylation is 2. The molecule has 0 bridgehead atoms. The molecule has 3 rings (SSSR count). The van der Waals surface area contributed by atoms with Crippen molar-refractivity contribution < 1.29 is 27.5 Å². The third kappa shape index (κ3) is 7.20. The lowest BCUT2D eigenvalue weighted by Crippen LogP contribution is -2.56. The normalized spacial score (nSPS) is 17.2. The Bertz CT molecular complexity index is 1060. The Morgan fingerprint density at radius 2 is 1.78 bits per heavy atom. The number of aromatic nitrogens is 3. The molecule has 0 fully saturated rings. The van der Waals surface area contributed by atoms with Gasteiger partial charge in [0.1, 0.15) is 17.0 Å². The zero-order valence-corrected chi connectivity index (χ0v) is 21.3.